The zero-order valence-corrected chi connectivity index (χ0v) is 11.0. The number of unbranched alkanes of at least 4 members (excludes halogenated alkanes) is 2. The van der Waals surface area contributed by atoms with Crippen LogP contribution in [0.4, 0.5) is 0 Å². The lowest BCUT2D eigenvalue weighted by Gasteiger charge is -2.18. The van der Waals surface area contributed by atoms with E-state index in [1.54, 1.807) is 6.07 Å². The first-order valence-electron chi connectivity index (χ1n) is 6.67. The molecule has 0 aromatic heterocycles. The van der Waals surface area contributed by atoms with E-state index in [1.807, 2.05) is 25.1 Å². The van der Waals surface area contributed by atoms with Crippen molar-refractivity contribution in [2.75, 3.05) is 0 Å². The lowest BCUT2D eigenvalue weighted by molar-refractivity contribution is -0.134. The molecule has 0 saturated carbocycles. The predicted molar refractivity (Wildman–Crippen MR) is 69.3 cm³/mol. The SMILES string of the molecule is CCCCCC(C)OC1OC(=O)c2ccccc21. The van der Waals surface area contributed by atoms with Gasteiger partial charge in [0.2, 0.25) is 6.29 Å². The molecule has 0 aliphatic carbocycles. The molecule has 2 unspecified atom stereocenters. The van der Waals surface area contributed by atoms with E-state index >= 15 is 0 Å². The molecule has 2 rings (SSSR count). The van der Waals surface area contributed by atoms with Gasteiger partial charge in [-0.25, -0.2) is 4.79 Å². The minimum absolute atomic E-state index is 0.112. The molecule has 98 valence electrons. The molecular formula is C15H20O3. The van der Waals surface area contributed by atoms with Crippen molar-refractivity contribution >= 4 is 5.97 Å². The van der Waals surface area contributed by atoms with E-state index < -0.39 is 6.29 Å². The average molecular weight is 248 g/mol. The van der Waals surface area contributed by atoms with E-state index in [9.17, 15) is 4.79 Å². The highest BCUT2D eigenvalue weighted by Gasteiger charge is 2.32. The fourth-order valence-corrected chi connectivity index (χ4v) is 2.17. The number of rotatable bonds is 6. The normalized spacial score (nSPS) is 19.4. The summed E-state index contributed by atoms with van der Waals surface area (Å²) in [5.41, 5.74) is 1.48. The number of hydrogen-bond donors (Lipinski definition) is 0. The Bertz CT molecular complexity index is 414. The van der Waals surface area contributed by atoms with E-state index in [2.05, 4.69) is 6.92 Å². The maximum Gasteiger partial charge on any atom is 0.341 e. The molecule has 0 N–H and O–H groups in total. The van der Waals surface area contributed by atoms with Gasteiger partial charge in [0, 0.05) is 5.56 Å². The van der Waals surface area contributed by atoms with Gasteiger partial charge in [0.15, 0.2) is 0 Å². The van der Waals surface area contributed by atoms with E-state index in [1.165, 1.54) is 12.8 Å². The number of cyclic esters (lactones) is 1. The molecule has 0 radical (unpaired) electrons. The van der Waals surface area contributed by atoms with Crippen LogP contribution in [0.2, 0.25) is 0 Å². The standard InChI is InChI=1S/C15H20O3/c1-3-4-5-8-11(2)17-15-13-10-7-6-9-12(13)14(16)18-15/h6-7,9-11,15H,3-5,8H2,1-2H3. The second-order valence-corrected chi connectivity index (χ2v) is 4.77. The molecule has 2 atom stereocenters. The predicted octanol–water partition coefficient (Wildman–Crippen LogP) is 3.84. The molecule has 1 aromatic rings. The highest BCUT2D eigenvalue weighted by molar-refractivity contribution is 5.93. The summed E-state index contributed by atoms with van der Waals surface area (Å²) < 4.78 is 11.1. The monoisotopic (exact) mass is 248 g/mol. The maximum absolute atomic E-state index is 11.6. The first kappa shape index (κ1) is 13.1. The Morgan fingerprint density at radius 2 is 2.11 bits per heavy atom. The van der Waals surface area contributed by atoms with Crippen LogP contribution in [0.5, 0.6) is 0 Å². The van der Waals surface area contributed by atoms with Crippen LogP contribution in [-0.4, -0.2) is 12.1 Å². The van der Waals surface area contributed by atoms with Gasteiger partial charge >= 0.3 is 5.97 Å². The molecule has 1 aliphatic heterocycles. The zero-order chi connectivity index (χ0) is 13.0. The van der Waals surface area contributed by atoms with Gasteiger partial charge in [-0.1, -0.05) is 44.4 Å². The number of fused-ring (bicyclic) bond motifs is 1. The van der Waals surface area contributed by atoms with Crippen molar-refractivity contribution in [2.24, 2.45) is 0 Å². The number of hydrogen-bond acceptors (Lipinski definition) is 3. The number of benzene rings is 1. The Labute approximate surface area is 108 Å². The number of esters is 1. The molecule has 3 nitrogen and oxygen atoms in total. The van der Waals surface area contributed by atoms with Gasteiger partial charge in [0.1, 0.15) is 0 Å². The van der Waals surface area contributed by atoms with Crippen molar-refractivity contribution in [2.45, 2.75) is 51.9 Å². The van der Waals surface area contributed by atoms with Crippen molar-refractivity contribution in [3.8, 4) is 0 Å². The van der Waals surface area contributed by atoms with Gasteiger partial charge in [-0.2, -0.15) is 0 Å². The van der Waals surface area contributed by atoms with Crippen molar-refractivity contribution in [3.63, 3.8) is 0 Å². The minimum atomic E-state index is -0.523. The second kappa shape index (κ2) is 6.01. The van der Waals surface area contributed by atoms with Crippen LogP contribution < -0.4 is 0 Å². The summed E-state index contributed by atoms with van der Waals surface area (Å²) in [5, 5.41) is 0. The van der Waals surface area contributed by atoms with Gasteiger partial charge in [-0.15, -0.1) is 0 Å². The van der Waals surface area contributed by atoms with E-state index in [0.29, 0.717) is 5.56 Å². The second-order valence-electron chi connectivity index (χ2n) is 4.77. The van der Waals surface area contributed by atoms with Gasteiger partial charge < -0.3 is 9.47 Å². The zero-order valence-electron chi connectivity index (χ0n) is 11.0. The smallest absolute Gasteiger partial charge is 0.341 e. The van der Waals surface area contributed by atoms with Gasteiger partial charge in [-0.05, 0) is 19.4 Å². The van der Waals surface area contributed by atoms with Crippen LogP contribution in [0.25, 0.3) is 0 Å². The third-order valence-electron chi connectivity index (χ3n) is 3.22. The number of ether oxygens (including phenoxy) is 2. The fourth-order valence-electron chi connectivity index (χ4n) is 2.17. The summed E-state index contributed by atoms with van der Waals surface area (Å²) in [6.45, 7) is 4.21. The molecule has 0 saturated heterocycles. The molecule has 1 aromatic carbocycles. The van der Waals surface area contributed by atoms with Crippen LogP contribution in [0.3, 0.4) is 0 Å². The number of carbonyl (C=O) groups is 1. The minimum Gasteiger partial charge on any atom is -0.428 e. The largest absolute Gasteiger partial charge is 0.428 e. The number of carbonyl (C=O) groups excluding carboxylic acids is 1. The molecule has 0 fully saturated rings. The third-order valence-corrected chi connectivity index (χ3v) is 3.22. The van der Waals surface area contributed by atoms with Gasteiger partial charge in [-0.3, -0.25) is 0 Å². The lowest BCUT2D eigenvalue weighted by Crippen LogP contribution is -2.13. The summed E-state index contributed by atoms with van der Waals surface area (Å²) in [6.07, 6.45) is 4.16. The maximum atomic E-state index is 11.6. The van der Waals surface area contributed by atoms with Crippen molar-refractivity contribution in [1.29, 1.82) is 0 Å². The van der Waals surface area contributed by atoms with Crippen molar-refractivity contribution in [3.05, 3.63) is 35.4 Å². The van der Waals surface area contributed by atoms with Crippen LogP contribution in [0.1, 0.15) is 61.7 Å². The molecule has 0 spiro atoms. The van der Waals surface area contributed by atoms with Crippen LogP contribution >= 0.6 is 0 Å². The summed E-state index contributed by atoms with van der Waals surface area (Å²) in [6, 6.07) is 7.42. The summed E-state index contributed by atoms with van der Waals surface area (Å²) in [5.74, 6) is -0.281. The first-order chi connectivity index (χ1) is 8.72. The Kier molecular flexibility index (Phi) is 4.37. The van der Waals surface area contributed by atoms with Crippen LogP contribution in [0.15, 0.2) is 24.3 Å². The highest BCUT2D eigenvalue weighted by Crippen LogP contribution is 2.32. The summed E-state index contributed by atoms with van der Waals surface area (Å²) in [7, 11) is 0. The average Bonchev–Trinajstić information content (AvgIpc) is 2.67. The van der Waals surface area contributed by atoms with Crippen molar-refractivity contribution < 1.29 is 14.3 Å². The topological polar surface area (TPSA) is 35.5 Å². The Morgan fingerprint density at radius 3 is 2.89 bits per heavy atom. The Balaban J connectivity index is 1.93. The molecular weight excluding hydrogens is 228 g/mol. The van der Waals surface area contributed by atoms with Crippen LogP contribution in [-0.2, 0) is 9.47 Å². The molecule has 1 heterocycles. The molecule has 18 heavy (non-hydrogen) atoms. The van der Waals surface area contributed by atoms with Gasteiger partial charge in [0.25, 0.3) is 0 Å². The summed E-state index contributed by atoms with van der Waals surface area (Å²) >= 11 is 0. The molecule has 0 amide bonds. The quantitative estimate of drug-likeness (QED) is 0.566. The van der Waals surface area contributed by atoms with Crippen molar-refractivity contribution in [1.82, 2.24) is 0 Å². The fraction of sp³-hybridized carbons (Fsp3) is 0.533. The highest BCUT2D eigenvalue weighted by atomic mass is 16.7. The first-order valence-corrected chi connectivity index (χ1v) is 6.67. The molecule has 3 heteroatoms. The Hall–Kier alpha value is -1.35. The third kappa shape index (κ3) is 2.91. The lowest BCUT2D eigenvalue weighted by atomic mass is 10.1. The van der Waals surface area contributed by atoms with E-state index in [-0.39, 0.29) is 12.1 Å². The van der Waals surface area contributed by atoms with E-state index in [4.69, 9.17) is 9.47 Å². The van der Waals surface area contributed by atoms with Crippen LogP contribution in [0, 0.1) is 0 Å². The van der Waals surface area contributed by atoms with E-state index in [0.717, 1.165) is 18.4 Å². The van der Waals surface area contributed by atoms with Gasteiger partial charge in [0.05, 0.1) is 11.7 Å². The molecule has 1 aliphatic rings. The Morgan fingerprint density at radius 1 is 1.33 bits per heavy atom. The molecule has 0 bridgehead atoms. The summed E-state index contributed by atoms with van der Waals surface area (Å²) in [4.78, 5) is 11.6.